The lowest BCUT2D eigenvalue weighted by molar-refractivity contribution is -0.131. The maximum absolute atomic E-state index is 12.8. The van der Waals surface area contributed by atoms with Gasteiger partial charge in [0.25, 0.3) is 5.91 Å². The molecule has 29 heavy (non-hydrogen) atoms. The number of benzene rings is 2. The van der Waals surface area contributed by atoms with Crippen molar-refractivity contribution < 1.29 is 14.3 Å². The van der Waals surface area contributed by atoms with Gasteiger partial charge >= 0.3 is 0 Å². The highest BCUT2D eigenvalue weighted by atomic mass is 16.5. The summed E-state index contributed by atoms with van der Waals surface area (Å²) in [5.41, 5.74) is 2.90. The van der Waals surface area contributed by atoms with E-state index in [-0.39, 0.29) is 11.8 Å². The summed E-state index contributed by atoms with van der Waals surface area (Å²) in [6.45, 7) is 7.10. The van der Waals surface area contributed by atoms with Crippen molar-refractivity contribution in [2.24, 2.45) is 0 Å². The van der Waals surface area contributed by atoms with E-state index in [1.165, 1.54) is 0 Å². The van der Waals surface area contributed by atoms with Crippen molar-refractivity contribution in [3.63, 3.8) is 0 Å². The zero-order chi connectivity index (χ0) is 20.6. The molecule has 0 spiro atoms. The van der Waals surface area contributed by atoms with Gasteiger partial charge in [-0.1, -0.05) is 35.9 Å². The third-order valence-corrected chi connectivity index (χ3v) is 5.29. The number of rotatable bonds is 6. The molecule has 0 N–H and O–H groups in total. The Morgan fingerprint density at radius 3 is 2.48 bits per heavy atom. The van der Waals surface area contributed by atoms with Gasteiger partial charge in [-0.15, -0.1) is 0 Å². The molecule has 5 nitrogen and oxygen atoms in total. The third-order valence-electron chi connectivity index (χ3n) is 5.29. The molecule has 0 saturated carbocycles. The van der Waals surface area contributed by atoms with E-state index in [0.29, 0.717) is 45.6 Å². The molecule has 5 heteroatoms. The summed E-state index contributed by atoms with van der Waals surface area (Å²) in [5, 5.41) is 0. The smallest absolute Gasteiger partial charge is 0.253 e. The molecule has 0 atom stereocenters. The lowest BCUT2D eigenvalue weighted by Crippen LogP contribution is -2.37. The number of para-hydroxylation sites is 1. The third kappa shape index (κ3) is 5.83. The van der Waals surface area contributed by atoms with Crippen LogP contribution in [0.5, 0.6) is 5.75 Å². The SMILES string of the molecule is Cc1cccc(C(=O)N2CCCN(C(=O)CCCOc3ccccc3C)CC2)c1. The summed E-state index contributed by atoms with van der Waals surface area (Å²) in [6, 6.07) is 15.6. The van der Waals surface area contributed by atoms with Crippen LogP contribution in [0.4, 0.5) is 0 Å². The number of nitrogens with zero attached hydrogens (tertiary/aromatic N) is 2. The molecule has 2 aromatic carbocycles. The fraction of sp³-hybridized carbons (Fsp3) is 0.417. The number of hydrogen-bond acceptors (Lipinski definition) is 3. The van der Waals surface area contributed by atoms with Crippen LogP contribution in [0.1, 0.15) is 40.7 Å². The maximum Gasteiger partial charge on any atom is 0.253 e. The number of hydrogen-bond donors (Lipinski definition) is 0. The predicted molar refractivity (Wildman–Crippen MR) is 114 cm³/mol. The van der Waals surface area contributed by atoms with Gasteiger partial charge in [-0.25, -0.2) is 0 Å². The van der Waals surface area contributed by atoms with E-state index < -0.39 is 0 Å². The van der Waals surface area contributed by atoms with Crippen LogP contribution in [0.3, 0.4) is 0 Å². The van der Waals surface area contributed by atoms with Crippen molar-refractivity contribution in [2.45, 2.75) is 33.1 Å². The Balaban J connectivity index is 1.44. The molecule has 0 aromatic heterocycles. The van der Waals surface area contributed by atoms with Crippen molar-refractivity contribution in [1.29, 1.82) is 0 Å². The summed E-state index contributed by atoms with van der Waals surface area (Å²) in [4.78, 5) is 29.1. The number of ether oxygens (including phenoxy) is 1. The molecule has 1 saturated heterocycles. The standard InChI is InChI=1S/C24H30N2O3/c1-19-8-5-10-21(18-19)24(28)26-14-7-13-25(15-16-26)23(27)12-6-17-29-22-11-4-3-9-20(22)2/h3-5,8-11,18H,6-7,12-17H2,1-2H3. The molecular weight excluding hydrogens is 364 g/mol. The Kier molecular flexibility index (Phi) is 7.28. The van der Waals surface area contributed by atoms with E-state index in [4.69, 9.17) is 4.74 Å². The van der Waals surface area contributed by atoms with Gasteiger partial charge in [0.15, 0.2) is 0 Å². The van der Waals surface area contributed by atoms with Crippen LogP contribution in [0.25, 0.3) is 0 Å². The molecule has 1 fully saturated rings. The molecule has 2 aromatic rings. The fourth-order valence-electron chi connectivity index (χ4n) is 3.61. The number of aryl methyl sites for hydroxylation is 2. The minimum Gasteiger partial charge on any atom is -0.493 e. The highest BCUT2D eigenvalue weighted by Crippen LogP contribution is 2.17. The molecule has 3 rings (SSSR count). The molecule has 0 unspecified atom stereocenters. The van der Waals surface area contributed by atoms with Gasteiger partial charge in [0.1, 0.15) is 5.75 Å². The van der Waals surface area contributed by atoms with Gasteiger partial charge in [0.05, 0.1) is 6.61 Å². The molecule has 0 aliphatic carbocycles. The van der Waals surface area contributed by atoms with Gasteiger partial charge in [-0.05, 0) is 50.5 Å². The monoisotopic (exact) mass is 394 g/mol. The van der Waals surface area contributed by atoms with Crippen LogP contribution < -0.4 is 4.74 Å². The van der Waals surface area contributed by atoms with E-state index in [0.717, 1.165) is 28.9 Å². The quantitative estimate of drug-likeness (QED) is 0.700. The average molecular weight is 395 g/mol. The molecule has 1 aliphatic heterocycles. The van der Waals surface area contributed by atoms with Crippen molar-refractivity contribution in [3.05, 3.63) is 65.2 Å². The highest BCUT2D eigenvalue weighted by molar-refractivity contribution is 5.94. The van der Waals surface area contributed by atoms with E-state index in [1.54, 1.807) is 0 Å². The highest BCUT2D eigenvalue weighted by Gasteiger charge is 2.22. The minimum absolute atomic E-state index is 0.0506. The summed E-state index contributed by atoms with van der Waals surface area (Å²) >= 11 is 0. The largest absolute Gasteiger partial charge is 0.493 e. The van der Waals surface area contributed by atoms with E-state index >= 15 is 0 Å². The molecule has 1 heterocycles. The second-order valence-electron chi connectivity index (χ2n) is 7.61. The number of amides is 2. The summed E-state index contributed by atoms with van der Waals surface area (Å²) < 4.78 is 5.78. The van der Waals surface area contributed by atoms with Crippen molar-refractivity contribution in [1.82, 2.24) is 9.80 Å². The predicted octanol–water partition coefficient (Wildman–Crippen LogP) is 3.84. The first-order valence-corrected chi connectivity index (χ1v) is 10.4. The van der Waals surface area contributed by atoms with E-state index in [2.05, 4.69) is 0 Å². The van der Waals surface area contributed by atoms with Crippen LogP contribution in [-0.2, 0) is 4.79 Å². The fourth-order valence-corrected chi connectivity index (χ4v) is 3.61. The Bertz CT molecular complexity index is 850. The zero-order valence-electron chi connectivity index (χ0n) is 17.4. The summed E-state index contributed by atoms with van der Waals surface area (Å²) in [7, 11) is 0. The van der Waals surface area contributed by atoms with Gasteiger partial charge in [-0.3, -0.25) is 9.59 Å². The summed E-state index contributed by atoms with van der Waals surface area (Å²) in [6.07, 6.45) is 1.97. The molecule has 154 valence electrons. The van der Waals surface area contributed by atoms with Gasteiger partial charge in [0, 0.05) is 38.2 Å². The first-order chi connectivity index (χ1) is 14.0. The van der Waals surface area contributed by atoms with Crippen LogP contribution in [0.2, 0.25) is 0 Å². The van der Waals surface area contributed by atoms with Crippen molar-refractivity contribution in [2.75, 3.05) is 32.8 Å². The molecule has 1 aliphatic rings. The first-order valence-electron chi connectivity index (χ1n) is 10.4. The topological polar surface area (TPSA) is 49.9 Å². The lowest BCUT2D eigenvalue weighted by atomic mass is 10.1. The van der Waals surface area contributed by atoms with Crippen LogP contribution in [0.15, 0.2) is 48.5 Å². The maximum atomic E-state index is 12.8. The molecule has 2 amide bonds. The molecule has 0 radical (unpaired) electrons. The van der Waals surface area contributed by atoms with Gasteiger partial charge in [-0.2, -0.15) is 0 Å². The van der Waals surface area contributed by atoms with Gasteiger partial charge in [0.2, 0.25) is 5.91 Å². The lowest BCUT2D eigenvalue weighted by Gasteiger charge is -2.22. The van der Waals surface area contributed by atoms with Crippen LogP contribution in [-0.4, -0.2) is 54.4 Å². The van der Waals surface area contributed by atoms with Crippen LogP contribution in [0, 0.1) is 13.8 Å². The van der Waals surface area contributed by atoms with Gasteiger partial charge < -0.3 is 14.5 Å². The second-order valence-corrected chi connectivity index (χ2v) is 7.61. The van der Waals surface area contributed by atoms with Crippen LogP contribution >= 0.6 is 0 Å². The summed E-state index contributed by atoms with van der Waals surface area (Å²) in [5.74, 6) is 1.07. The van der Waals surface area contributed by atoms with E-state index in [1.807, 2.05) is 72.2 Å². The average Bonchev–Trinajstić information content (AvgIpc) is 2.98. The Hall–Kier alpha value is -2.82. The van der Waals surface area contributed by atoms with Crippen molar-refractivity contribution in [3.8, 4) is 5.75 Å². The Labute approximate surface area is 173 Å². The van der Waals surface area contributed by atoms with Crippen molar-refractivity contribution >= 4 is 11.8 Å². The normalized spacial score (nSPS) is 14.4. The Morgan fingerprint density at radius 2 is 1.69 bits per heavy atom. The zero-order valence-corrected chi connectivity index (χ0v) is 17.4. The molecule has 0 bridgehead atoms. The molecular formula is C24H30N2O3. The van der Waals surface area contributed by atoms with E-state index in [9.17, 15) is 9.59 Å². The number of carbonyl (C=O) groups excluding carboxylic acids is 2. The number of carbonyl (C=O) groups is 2. The minimum atomic E-state index is 0.0506. The second kappa shape index (κ2) is 10.1. The Morgan fingerprint density at radius 1 is 0.931 bits per heavy atom. The first kappa shape index (κ1) is 20.9.